The molecule has 0 amide bonds. The van der Waals surface area contributed by atoms with E-state index in [1.165, 1.54) is 45.3 Å². The average Bonchev–Trinajstić information content (AvgIpc) is 2.29. The van der Waals surface area contributed by atoms with Crippen LogP contribution < -0.4 is 5.32 Å². The fourth-order valence-corrected chi connectivity index (χ4v) is 2.68. The average molecular weight is 212 g/mol. The van der Waals surface area contributed by atoms with Crippen LogP contribution in [0.5, 0.6) is 0 Å². The fraction of sp³-hybridized carbons (Fsp3) is 1.00. The van der Waals surface area contributed by atoms with Crippen molar-refractivity contribution in [2.75, 3.05) is 26.2 Å². The molecule has 90 valence electrons. The Morgan fingerprint density at radius 2 is 1.73 bits per heavy atom. The Hall–Kier alpha value is -0.0800. The van der Waals surface area contributed by atoms with Gasteiger partial charge in [-0.3, -0.25) is 0 Å². The predicted molar refractivity (Wildman–Crippen MR) is 67.2 cm³/mol. The van der Waals surface area contributed by atoms with Gasteiger partial charge >= 0.3 is 0 Å². The lowest BCUT2D eigenvalue weighted by Gasteiger charge is -2.37. The van der Waals surface area contributed by atoms with E-state index in [-0.39, 0.29) is 0 Å². The molecule has 1 rings (SSSR count). The number of rotatable bonds is 6. The van der Waals surface area contributed by atoms with Gasteiger partial charge in [0, 0.05) is 6.04 Å². The van der Waals surface area contributed by atoms with Crippen LogP contribution >= 0.6 is 0 Å². The Labute approximate surface area is 95.4 Å². The third kappa shape index (κ3) is 4.12. The van der Waals surface area contributed by atoms with E-state index in [1.54, 1.807) is 0 Å². The van der Waals surface area contributed by atoms with E-state index in [0.29, 0.717) is 0 Å². The predicted octanol–water partition coefficient (Wildman–Crippen LogP) is 2.50. The van der Waals surface area contributed by atoms with Crippen molar-refractivity contribution in [2.24, 2.45) is 5.92 Å². The second kappa shape index (κ2) is 7.24. The van der Waals surface area contributed by atoms with E-state index >= 15 is 0 Å². The van der Waals surface area contributed by atoms with Crippen molar-refractivity contribution in [2.45, 2.75) is 52.5 Å². The second-order valence-corrected chi connectivity index (χ2v) is 4.76. The highest BCUT2D eigenvalue weighted by Crippen LogP contribution is 2.20. The minimum atomic E-state index is 0.838. The Morgan fingerprint density at radius 3 is 2.20 bits per heavy atom. The molecule has 0 aromatic rings. The molecule has 0 aromatic heterocycles. The van der Waals surface area contributed by atoms with Crippen molar-refractivity contribution in [1.82, 2.24) is 10.2 Å². The lowest BCUT2D eigenvalue weighted by Crippen LogP contribution is -2.42. The van der Waals surface area contributed by atoms with Crippen LogP contribution in [-0.2, 0) is 0 Å². The Kier molecular flexibility index (Phi) is 6.26. The van der Waals surface area contributed by atoms with Crippen LogP contribution in [0.2, 0.25) is 0 Å². The molecule has 0 radical (unpaired) electrons. The molecule has 0 spiro atoms. The molecule has 15 heavy (non-hydrogen) atoms. The number of likely N-dealkylation sites (tertiary alicyclic amines) is 1. The van der Waals surface area contributed by atoms with Gasteiger partial charge in [0.2, 0.25) is 0 Å². The molecule has 1 N–H and O–H groups in total. The van der Waals surface area contributed by atoms with Gasteiger partial charge in [0.1, 0.15) is 0 Å². The van der Waals surface area contributed by atoms with E-state index in [4.69, 9.17) is 0 Å². The molecular formula is C13H28N2. The molecule has 2 heteroatoms. The molecule has 1 aliphatic heterocycles. The van der Waals surface area contributed by atoms with Crippen molar-refractivity contribution >= 4 is 0 Å². The normalized spacial score (nSPS) is 20.0. The summed E-state index contributed by atoms with van der Waals surface area (Å²) in [5.41, 5.74) is 0. The molecule has 1 heterocycles. The molecule has 2 nitrogen and oxygen atoms in total. The van der Waals surface area contributed by atoms with Gasteiger partial charge in [-0.1, -0.05) is 20.8 Å². The van der Waals surface area contributed by atoms with Gasteiger partial charge in [0.25, 0.3) is 0 Å². The van der Waals surface area contributed by atoms with Crippen LogP contribution in [0.4, 0.5) is 0 Å². The first-order valence-electron chi connectivity index (χ1n) is 6.76. The fourth-order valence-electron chi connectivity index (χ4n) is 2.68. The first-order valence-corrected chi connectivity index (χ1v) is 6.76. The van der Waals surface area contributed by atoms with Crippen LogP contribution in [0.15, 0.2) is 0 Å². The number of hydrogen-bond donors (Lipinski definition) is 1. The van der Waals surface area contributed by atoms with E-state index in [2.05, 4.69) is 31.0 Å². The summed E-state index contributed by atoms with van der Waals surface area (Å²) in [6.07, 6.45) is 5.41. The van der Waals surface area contributed by atoms with Gasteiger partial charge in [-0.05, 0) is 57.8 Å². The van der Waals surface area contributed by atoms with Crippen molar-refractivity contribution in [3.63, 3.8) is 0 Å². The quantitative estimate of drug-likeness (QED) is 0.728. The van der Waals surface area contributed by atoms with Gasteiger partial charge in [0.05, 0.1) is 0 Å². The molecule has 0 bridgehead atoms. The third-order valence-corrected chi connectivity index (χ3v) is 3.79. The van der Waals surface area contributed by atoms with Crippen LogP contribution in [0.25, 0.3) is 0 Å². The lowest BCUT2D eigenvalue weighted by atomic mass is 9.95. The third-order valence-electron chi connectivity index (χ3n) is 3.79. The van der Waals surface area contributed by atoms with E-state index < -0.39 is 0 Å². The van der Waals surface area contributed by atoms with Crippen molar-refractivity contribution in [1.29, 1.82) is 0 Å². The SMILES string of the molecule is CCNCC1CCN(C(CC)CC)CC1. The second-order valence-electron chi connectivity index (χ2n) is 4.76. The first kappa shape index (κ1) is 13.0. The highest BCUT2D eigenvalue weighted by molar-refractivity contribution is 4.78. The highest BCUT2D eigenvalue weighted by Gasteiger charge is 2.22. The molecule has 0 aliphatic carbocycles. The van der Waals surface area contributed by atoms with Gasteiger partial charge < -0.3 is 10.2 Å². The minimum Gasteiger partial charge on any atom is -0.317 e. The molecule has 0 atom stereocenters. The van der Waals surface area contributed by atoms with Crippen LogP contribution in [-0.4, -0.2) is 37.1 Å². The monoisotopic (exact) mass is 212 g/mol. The highest BCUT2D eigenvalue weighted by atomic mass is 15.2. The number of piperidine rings is 1. The largest absolute Gasteiger partial charge is 0.317 e. The molecule has 0 unspecified atom stereocenters. The smallest absolute Gasteiger partial charge is 0.00900 e. The van der Waals surface area contributed by atoms with Crippen molar-refractivity contribution < 1.29 is 0 Å². The Morgan fingerprint density at radius 1 is 1.13 bits per heavy atom. The Balaban J connectivity index is 2.22. The zero-order valence-electron chi connectivity index (χ0n) is 10.8. The first-order chi connectivity index (χ1) is 7.31. The van der Waals surface area contributed by atoms with Crippen LogP contribution in [0, 0.1) is 5.92 Å². The Bertz CT molecular complexity index is 147. The summed E-state index contributed by atoms with van der Waals surface area (Å²) in [4.78, 5) is 2.70. The molecule has 1 saturated heterocycles. The number of nitrogens with zero attached hydrogens (tertiary/aromatic N) is 1. The van der Waals surface area contributed by atoms with E-state index in [0.717, 1.165) is 18.5 Å². The van der Waals surface area contributed by atoms with E-state index in [1.807, 2.05) is 0 Å². The molecule has 0 saturated carbocycles. The molecule has 0 aromatic carbocycles. The van der Waals surface area contributed by atoms with Gasteiger partial charge in [0.15, 0.2) is 0 Å². The van der Waals surface area contributed by atoms with Gasteiger partial charge in [-0.15, -0.1) is 0 Å². The topological polar surface area (TPSA) is 15.3 Å². The number of hydrogen-bond acceptors (Lipinski definition) is 2. The van der Waals surface area contributed by atoms with Crippen LogP contribution in [0.1, 0.15) is 46.5 Å². The summed E-state index contributed by atoms with van der Waals surface area (Å²) >= 11 is 0. The standard InChI is InChI=1S/C13H28N2/c1-4-13(5-2)15-9-7-12(8-10-15)11-14-6-3/h12-14H,4-11H2,1-3H3. The summed E-state index contributed by atoms with van der Waals surface area (Å²) in [5.74, 6) is 0.926. The maximum absolute atomic E-state index is 3.47. The van der Waals surface area contributed by atoms with Crippen LogP contribution in [0.3, 0.4) is 0 Å². The summed E-state index contributed by atoms with van der Waals surface area (Å²) < 4.78 is 0. The number of nitrogens with one attached hydrogen (secondary N) is 1. The van der Waals surface area contributed by atoms with Gasteiger partial charge in [-0.2, -0.15) is 0 Å². The zero-order valence-corrected chi connectivity index (χ0v) is 10.8. The zero-order chi connectivity index (χ0) is 11.1. The minimum absolute atomic E-state index is 0.838. The van der Waals surface area contributed by atoms with Crippen molar-refractivity contribution in [3.8, 4) is 0 Å². The maximum Gasteiger partial charge on any atom is 0.00900 e. The lowest BCUT2D eigenvalue weighted by molar-refractivity contribution is 0.125. The summed E-state index contributed by atoms with van der Waals surface area (Å²) in [7, 11) is 0. The maximum atomic E-state index is 3.47. The van der Waals surface area contributed by atoms with Gasteiger partial charge in [-0.25, -0.2) is 0 Å². The molecular weight excluding hydrogens is 184 g/mol. The molecule has 1 aliphatic rings. The van der Waals surface area contributed by atoms with Crippen molar-refractivity contribution in [3.05, 3.63) is 0 Å². The summed E-state index contributed by atoms with van der Waals surface area (Å²) in [6.45, 7) is 11.8. The van der Waals surface area contributed by atoms with E-state index in [9.17, 15) is 0 Å². The summed E-state index contributed by atoms with van der Waals surface area (Å²) in [6, 6.07) is 0.838. The summed E-state index contributed by atoms with van der Waals surface area (Å²) in [5, 5.41) is 3.47. The molecule has 1 fully saturated rings.